The first-order valence-electron chi connectivity index (χ1n) is 5.50. The minimum atomic E-state index is -0.593. The number of amides is 1. The molecule has 7 heteroatoms. The number of nitrogens with zero attached hydrogens (tertiary/aromatic N) is 2. The Morgan fingerprint density at radius 3 is 2.82 bits per heavy atom. The van der Waals surface area contributed by atoms with E-state index in [4.69, 9.17) is 5.73 Å². The number of carbonyl (C=O) groups is 1. The van der Waals surface area contributed by atoms with Gasteiger partial charge in [-0.3, -0.25) is 4.79 Å². The van der Waals surface area contributed by atoms with Crippen molar-refractivity contribution in [2.45, 2.75) is 29.6 Å². The van der Waals surface area contributed by atoms with Crippen molar-refractivity contribution in [2.24, 2.45) is 11.7 Å². The summed E-state index contributed by atoms with van der Waals surface area (Å²) in [6, 6.07) is 0. The maximum Gasteiger partial charge on any atom is 0.238 e. The molecular weight excluding hydrogens is 256 g/mol. The van der Waals surface area contributed by atoms with E-state index in [2.05, 4.69) is 14.7 Å². The van der Waals surface area contributed by atoms with Crippen molar-refractivity contribution in [2.75, 3.05) is 12.8 Å². The Bertz CT molecular complexity index is 418. The molecule has 1 aliphatic rings. The van der Waals surface area contributed by atoms with Gasteiger partial charge in [0.15, 0.2) is 4.34 Å². The highest BCUT2D eigenvalue weighted by Crippen LogP contribution is 2.42. The summed E-state index contributed by atoms with van der Waals surface area (Å²) < 4.78 is 5.01. The third kappa shape index (κ3) is 2.61. The molecule has 0 radical (unpaired) electrons. The second-order valence-corrected chi connectivity index (χ2v) is 6.23. The lowest BCUT2D eigenvalue weighted by molar-refractivity contribution is -0.124. The van der Waals surface area contributed by atoms with Crippen molar-refractivity contribution in [1.29, 1.82) is 0 Å². The molecule has 2 rings (SSSR count). The molecule has 0 aromatic carbocycles. The van der Waals surface area contributed by atoms with E-state index in [1.54, 1.807) is 18.8 Å². The number of hydrogen-bond donors (Lipinski definition) is 2. The predicted molar refractivity (Wildman–Crippen MR) is 69.1 cm³/mol. The van der Waals surface area contributed by atoms with Crippen LogP contribution in [0, 0.1) is 12.8 Å². The van der Waals surface area contributed by atoms with Gasteiger partial charge in [0.25, 0.3) is 0 Å². The molecule has 1 aromatic rings. The summed E-state index contributed by atoms with van der Waals surface area (Å²) in [6.07, 6.45) is 2.14. The average Bonchev–Trinajstić information content (AvgIpc) is 3.04. The zero-order valence-corrected chi connectivity index (χ0v) is 11.5. The second-order valence-electron chi connectivity index (χ2n) is 4.26. The van der Waals surface area contributed by atoms with E-state index in [1.165, 1.54) is 11.5 Å². The molecule has 17 heavy (non-hydrogen) atoms. The lowest BCUT2D eigenvalue weighted by Gasteiger charge is -2.29. The second kappa shape index (κ2) is 4.91. The Hall–Kier alpha value is -0.660. The molecule has 0 aliphatic heterocycles. The summed E-state index contributed by atoms with van der Waals surface area (Å²) in [4.78, 5) is 16.0. The van der Waals surface area contributed by atoms with Crippen molar-refractivity contribution in [3.8, 4) is 0 Å². The van der Waals surface area contributed by atoms with Crippen LogP contribution in [0.2, 0.25) is 0 Å². The number of hydrogen-bond acceptors (Lipinski definition) is 6. The zero-order chi connectivity index (χ0) is 12.5. The van der Waals surface area contributed by atoms with Gasteiger partial charge in [0.1, 0.15) is 11.4 Å². The van der Waals surface area contributed by atoms with Crippen LogP contribution in [0.1, 0.15) is 18.7 Å². The van der Waals surface area contributed by atoms with Gasteiger partial charge in [-0.15, -0.1) is 0 Å². The average molecular weight is 272 g/mol. The van der Waals surface area contributed by atoms with E-state index in [0.717, 1.165) is 23.0 Å². The first-order valence-corrected chi connectivity index (χ1v) is 7.26. The summed E-state index contributed by atoms with van der Waals surface area (Å²) >= 11 is 2.92. The molecule has 0 spiro atoms. The normalized spacial score (nSPS) is 18.9. The lowest BCUT2D eigenvalue weighted by Crippen LogP contribution is -2.57. The molecule has 1 unspecified atom stereocenters. The van der Waals surface area contributed by atoms with Crippen LogP contribution in [0.3, 0.4) is 0 Å². The molecular formula is C10H16N4OS2. The number of rotatable bonds is 6. The Balaban J connectivity index is 2.05. The summed E-state index contributed by atoms with van der Waals surface area (Å²) in [5.41, 5.74) is 4.95. The van der Waals surface area contributed by atoms with Crippen LogP contribution in [0.5, 0.6) is 0 Å². The standard InChI is InChI=1S/C10H16N4OS2/c1-6-13-9(17-14-6)16-5-10(12-2,8(11)15)7-3-4-7/h7,12H,3-5H2,1-2H3,(H2,11,15). The van der Waals surface area contributed by atoms with Gasteiger partial charge in [0.05, 0.1) is 0 Å². The molecule has 0 bridgehead atoms. The fourth-order valence-corrected chi connectivity index (χ4v) is 3.87. The Morgan fingerprint density at radius 2 is 2.41 bits per heavy atom. The molecule has 1 saturated carbocycles. The molecule has 1 amide bonds. The predicted octanol–water partition coefficient (Wildman–Crippen LogP) is 0.792. The summed E-state index contributed by atoms with van der Waals surface area (Å²) in [5, 5.41) is 3.12. The number of nitrogens with two attached hydrogens (primary N) is 1. The van der Waals surface area contributed by atoms with Gasteiger partial charge in [-0.1, -0.05) is 11.8 Å². The SMILES string of the molecule is CNC(CSc1nc(C)ns1)(C(N)=O)C1CC1. The minimum Gasteiger partial charge on any atom is -0.368 e. The number of carbonyl (C=O) groups excluding carboxylic acids is 1. The molecule has 3 N–H and O–H groups in total. The molecule has 94 valence electrons. The topological polar surface area (TPSA) is 80.9 Å². The largest absolute Gasteiger partial charge is 0.368 e. The van der Waals surface area contributed by atoms with Crippen LogP contribution < -0.4 is 11.1 Å². The van der Waals surface area contributed by atoms with E-state index in [0.29, 0.717) is 11.7 Å². The number of aromatic nitrogens is 2. The Labute approximate surface area is 109 Å². The quantitative estimate of drug-likeness (QED) is 0.748. The number of thioether (sulfide) groups is 1. The van der Waals surface area contributed by atoms with E-state index in [1.807, 2.05) is 6.92 Å². The van der Waals surface area contributed by atoms with Crippen LogP contribution in [0.4, 0.5) is 0 Å². The number of primary amides is 1. The molecule has 1 heterocycles. The number of likely N-dealkylation sites (N-methyl/N-ethyl adjacent to an activating group) is 1. The van der Waals surface area contributed by atoms with Gasteiger partial charge in [-0.25, -0.2) is 4.98 Å². The minimum absolute atomic E-state index is 0.267. The third-order valence-electron chi connectivity index (χ3n) is 3.09. The van der Waals surface area contributed by atoms with Gasteiger partial charge in [-0.2, -0.15) is 4.37 Å². The van der Waals surface area contributed by atoms with Crippen molar-refractivity contribution in [3.63, 3.8) is 0 Å². The van der Waals surface area contributed by atoms with Gasteiger partial charge < -0.3 is 11.1 Å². The smallest absolute Gasteiger partial charge is 0.238 e. The van der Waals surface area contributed by atoms with Crippen LogP contribution >= 0.6 is 23.3 Å². The van der Waals surface area contributed by atoms with Crippen LogP contribution in [-0.4, -0.2) is 33.6 Å². The fraction of sp³-hybridized carbons (Fsp3) is 0.700. The molecule has 1 fully saturated rings. The van der Waals surface area contributed by atoms with E-state index in [9.17, 15) is 4.79 Å². The highest BCUT2D eigenvalue weighted by molar-refractivity contribution is 8.01. The Kier molecular flexibility index (Phi) is 3.70. The highest BCUT2D eigenvalue weighted by Gasteiger charge is 2.48. The molecule has 1 aliphatic carbocycles. The van der Waals surface area contributed by atoms with Crippen molar-refractivity contribution >= 4 is 29.2 Å². The molecule has 1 atom stereocenters. The maximum absolute atomic E-state index is 11.7. The van der Waals surface area contributed by atoms with Crippen molar-refractivity contribution in [3.05, 3.63) is 5.82 Å². The van der Waals surface area contributed by atoms with Gasteiger partial charge in [0, 0.05) is 5.75 Å². The monoisotopic (exact) mass is 272 g/mol. The lowest BCUT2D eigenvalue weighted by atomic mass is 9.95. The van der Waals surface area contributed by atoms with Crippen molar-refractivity contribution in [1.82, 2.24) is 14.7 Å². The molecule has 1 aromatic heterocycles. The summed E-state index contributed by atoms with van der Waals surface area (Å²) in [5.74, 6) is 1.50. The van der Waals surface area contributed by atoms with Gasteiger partial charge in [-0.05, 0) is 44.3 Å². The third-order valence-corrected chi connectivity index (χ3v) is 5.21. The van der Waals surface area contributed by atoms with E-state index < -0.39 is 5.54 Å². The van der Waals surface area contributed by atoms with Crippen LogP contribution in [0.15, 0.2) is 4.34 Å². The first-order chi connectivity index (χ1) is 8.08. The van der Waals surface area contributed by atoms with Crippen LogP contribution in [-0.2, 0) is 4.79 Å². The van der Waals surface area contributed by atoms with E-state index >= 15 is 0 Å². The Morgan fingerprint density at radius 1 is 1.71 bits per heavy atom. The van der Waals surface area contributed by atoms with Crippen LogP contribution in [0.25, 0.3) is 0 Å². The van der Waals surface area contributed by atoms with Crippen molar-refractivity contribution < 1.29 is 4.79 Å². The van der Waals surface area contributed by atoms with Gasteiger partial charge >= 0.3 is 0 Å². The summed E-state index contributed by atoms with van der Waals surface area (Å²) in [6.45, 7) is 1.86. The highest BCUT2D eigenvalue weighted by atomic mass is 32.2. The first kappa shape index (κ1) is 12.8. The fourth-order valence-electron chi connectivity index (χ4n) is 1.88. The number of nitrogens with one attached hydrogen (secondary N) is 1. The maximum atomic E-state index is 11.7. The van der Waals surface area contributed by atoms with E-state index in [-0.39, 0.29) is 5.91 Å². The van der Waals surface area contributed by atoms with Gasteiger partial charge in [0.2, 0.25) is 5.91 Å². The number of aryl methyl sites for hydroxylation is 1. The summed E-state index contributed by atoms with van der Waals surface area (Å²) in [7, 11) is 1.80. The molecule has 0 saturated heterocycles. The molecule has 5 nitrogen and oxygen atoms in total. The zero-order valence-electron chi connectivity index (χ0n) is 9.90.